The zero-order valence-electron chi connectivity index (χ0n) is 11.6. The summed E-state index contributed by atoms with van der Waals surface area (Å²) in [6.07, 6.45) is 2.70. The normalized spacial score (nSPS) is 9.68. The van der Waals surface area contributed by atoms with E-state index >= 15 is 0 Å². The smallest absolute Gasteiger partial charge is 0.339 e. The Labute approximate surface area is 125 Å². The molecule has 0 spiro atoms. The summed E-state index contributed by atoms with van der Waals surface area (Å²) in [5.41, 5.74) is 9.80. The van der Waals surface area contributed by atoms with Gasteiger partial charge in [-0.3, -0.25) is 14.8 Å². The fraction of sp³-hybridized carbons (Fsp3) is 0.143. The second-order valence-electron chi connectivity index (χ2n) is 4.08. The van der Waals surface area contributed by atoms with Gasteiger partial charge in [-0.15, -0.1) is 0 Å². The zero-order chi connectivity index (χ0) is 15.9. The van der Waals surface area contributed by atoms with Crippen molar-refractivity contribution in [3.8, 4) is 11.4 Å². The molecule has 8 heteroatoms. The van der Waals surface area contributed by atoms with Crippen molar-refractivity contribution in [2.75, 3.05) is 6.61 Å². The molecule has 0 aliphatic heterocycles. The fourth-order valence-electron chi connectivity index (χ4n) is 1.65. The van der Waals surface area contributed by atoms with Gasteiger partial charge in [0.25, 0.3) is 5.91 Å². The molecule has 0 unspecified atom stereocenters. The highest BCUT2D eigenvalue weighted by atomic mass is 16.5. The molecule has 0 aliphatic rings. The van der Waals surface area contributed by atoms with Crippen LogP contribution in [0.1, 0.15) is 27.6 Å². The van der Waals surface area contributed by atoms with Crippen LogP contribution < -0.4 is 0 Å². The van der Waals surface area contributed by atoms with Crippen LogP contribution in [0.25, 0.3) is 21.8 Å². The molecule has 2 rings (SSSR count). The standard InChI is InChI=1S/C14H11N5O3/c1-2-22-14(21)10-4-6-12(17-8-10)11-5-3-9(7-16-11)13(20)18-19-15/h3-8H,2H2,1H3. The summed E-state index contributed by atoms with van der Waals surface area (Å²) in [6, 6.07) is 6.28. The predicted molar refractivity (Wildman–Crippen MR) is 76.9 cm³/mol. The molecule has 1 amide bonds. The van der Waals surface area contributed by atoms with Gasteiger partial charge in [-0.05, 0) is 41.8 Å². The molecule has 0 N–H and O–H groups in total. The summed E-state index contributed by atoms with van der Waals surface area (Å²) >= 11 is 0. The maximum absolute atomic E-state index is 11.5. The Bertz CT molecular complexity index is 734. The highest BCUT2D eigenvalue weighted by Crippen LogP contribution is 2.15. The van der Waals surface area contributed by atoms with E-state index in [0.29, 0.717) is 23.6 Å². The van der Waals surface area contributed by atoms with Gasteiger partial charge in [-0.1, -0.05) is 0 Å². The minimum absolute atomic E-state index is 0.185. The number of carbonyl (C=O) groups is 2. The summed E-state index contributed by atoms with van der Waals surface area (Å²) < 4.78 is 4.87. The average Bonchev–Trinajstić information content (AvgIpc) is 2.55. The lowest BCUT2D eigenvalue weighted by Gasteiger charge is -2.03. The van der Waals surface area contributed by atoms with E-state index < -0.39 is 11.9 Å². The van der Waals surface area contributed by atoms with Gasteiger partial charge < -0.3 is 4.74 Å². The number of amides is 1. The van der Waals surface area contributed by atoms with Crippen molar-refractivity contribution in [3.05, 3.63) is 58.2 Å². The largest absolute Gasteiger partial charge is 0.462 e. The second-order valence-corrected chi connectivity index (χ2v) is 4.08. The third-order valence-corrected chi connectivity index (χ3v) is 2.68. The van der Waals surface area contributed by atoms with Gasteiger partial charge in [0, 0.05) is 22.9 Å². The molecule has 110 valence electrons. The van der Waals surface area contributed by atoms with E-state index in [1.54, 1.807) is 25.1 Å². The third kappa shape index (κ3) is 3.44. The van der Waals surface area contributed by atoms with Gasteiger partial charge in [-0.25, -0.2) is 4.79 Å². The van der Waals surface area contributed by atoms with E-state index in [-0.39, 0.29) is 5.56 Å². The van der Waals surface area contributed by atoms with Gasteiger partial charge in [0.05, 0.1) is 23.6 Å². The molecule has 0 saturated heterocycles. The number of hydrogen-bond donors (Lipinski definition) is 0. The van der Waals surface area contributed by atoms with Gasteiger partial charge in [0.2, 0.25) is 0 Å². The maximum Gasteiger partial charge on any atom is 0.339 e. The fourth-order valence-corrected chi connectivity index (χ4v) is 1.65. The summed E-state index contributed by atoms with van der Waals surface area (Å²) in [6.45, 7) is 2.02. The first kappa shape index (κ1) is 15.1. The van der Waals surface area contributed by atoms with Crippen LogP contribution in [0.5, 0.6) is 0 Å². The van der Waals surface area contributed by atoms with Gasteiger partial charge in [-0.2, -0.15) is 0 Å². The SMILES string of the molecule is CCOC(=O)c1ccc(-c2ccc(C(=O)N=[N+]=[N-])cn2)nc1. The third-order valence-electron chi connectivity index (χ3n) is 2.68. The first-order valence-electron chi connectivity index (χ1n) is 6.34. The number of nitrogens with zero attached hydrogens (tertiary/aromatic N) is 5. The van der Waals surface area contributed by atoms with Crippen molar-refractivity contribution in [2.24, 2.45) is 5.11 Å². The molecule has 8 nitrogen and oxygen atoms in total. The van der Waals surface area contributed by atoms with E-state index in [9.17, 15) is 9.59 Å². The molecule has 0 saturated carbocycles. The highest BCUT2D eigenvalue weighted by Gasteiger charge is 2.09. The second kappa shape index (κ2) is 6.96. The summed E-state index contributed by atoms with van der Waals surface area (Å²) in [4.78, 5) is 33.5. The summed E-state index contributed by atoms with van der Waals surface area (Å²) in [7, 11) is 0. The number of ether oxygens (including phenoxy) is 1. The van der Waals surface area contributed by atoms with Crippen LogP contribution in [0.4, 0.5) is 0 Å². The van der Waals surface area contributed by atoms with Crippen molar-refractivity contribution in [3.63, 3.8) is 0 Å². The Hall–Kier alpha value is -3.25. The lowest BCUT2D eigenvalue weighted by molar-refractivity contribution is 0.0526. The molecule has 2 aromatic heterocycles. The number of carbonyl (C=O) groups excluding carboxylic acids is 2. The molecule has 0 aliphatic carbocycles. The zero-order valence-corrected chi connectivity index (χ0v) is 11.6. The molecule has 0 bridgehead atoms. The molecule has 0 atom stereocenters. The minimum atomic E-state index is -0.702. The molecule has 0 radical (unpaired) electrons. The van der Waals surface area contributed by atoms with Crippen LogP contribution in [-0.2, 0) is 4.74 Å². The average molecular weight is 297 g/mol. The predicted octanol–water partition coefficient (Wildman–Crippen LogP) is 2.77. The summed E-state index contributed by atoms with van der Waals surface area (Å²) in [5.74, 6) is -1.14. The van der Waals surface area contributed by atoms with E-state index in [1.807, 2.05) is 0 Å². The molecule has 0 aromatic carbocycles. The van der Waals surface area contributed by atoms with Crippen molar-refractivity contribution in [2.45, 2.75) is 6.92 Å². The van der Waals surface area contributed by atoms with Crippen molar-refractivity contribution >= 4 is 11.9 Å². The van der Waals surface area contributed by atoms with Crippen LogP contribution in [0.15, 0.2) is 41.8 Å². The van der Waals surface area contributed by atoms with Crippen molar-refractivity contribution in [1.82, 2.24) is 9.97 Å². The van der Waals surface area contributed by atoms with Crippen LogP contribution in [-0.4, -0.2) is 28.5 Å². The Morgan fingerprint density at radius 1 is 1.14 bits per heavy atom. The van der Waals surface area contributed by atoms with Crippen molar-refractivity contribution < 1.29 is 14.3 Å². The first-order valence-corrected chi connectivity index (χ1v) is 6.34. The van der Waals surface area contributed by atoms with Crippen LogP contribution in [0.3, 0.4) is 0 Å². The number of azide groups is 1. The van der Waals surface area contributed by atoms with Crippen LogP contribution in [0.2, 0.25) is 0 Å². The molecule has 2 heterocycles. The van der Waals surface area contributed by atoms with E-state index in [4.69, 9.17) is 10.3 Å². The van der Waals surface area contributed by atoms with Crippen molar-refractivity contribution in [1.29, 1.82) is 0 Å². The Morgan fingerprint density at radius 2 is 1.73 bits per heavy atom. The summed E-state index contributed by atoms with van der Waals surface area (Å²) in [5, 5.41) is 2.98. The molecule has 0 fully saturated rings. The topological polar surface area (TPSA) is 118 Å². The number of esters is 1. The van der Waals surface area contributed by atoms with E-state index in [0.717, 1.165) is 0 Å². The monoisotopic (exact) mass is 297 g/mol. The van der Waals surface area contributed by atoms with Gasteiger partial charge in [0.1, 0.15) is 0 Å². The van der Waals surface area contributed by atoms with Gasteiger partial charge in [0.15, 0.2) is 0 Å². The lowest BCUT2D eigenvalue weighted by Crippen LogP contribution is -2.05. The number of hydrogen-bond acceptors (Lipinski definition) is 5. The highest BCUT2D eigenvalue weighted by molar-refractivity contribution is 5.94. The van der Waals surface area contributed by atoms with Crippen LogP contribution >= 0.6 is 0 Å². The molecular weight excluding hydrogens is 286 g/mol. The Balaban J connectivity index is 2.20. The minimum Gasteiger partial charge on any atom is -0.462 e. The quantitative estimate of drug-likeness (QED) is 0.372. The van der Waals surface area contributed by atoms with E-state index in [2.05, 4.69) is 20.0 Å². The number of aromatic nitrogens is 2. The lowest BCUT2D eigenvalue weighted by atomic mass is 10.2. The molecule has 2 aromatic rings. The number of pyridine rings is 2. The Morgan fingerprint density at radius 3 is 2.18 bits per heavy atom. The van der Waals surface area contributed by atoms with Gasteiger partial charge >= 0.3 is 5.97 Å². The Kier molecular flexibility index (Phi) is 4.79. The molecular formula is C14H11N5O3. The van der Waals surface area contributed by atoms with E-state index in [1.165, 1.54) is 18.5 Å². The van der Waals surface area contributed by atoms with Crippen LogP contribution in [0, 0.1) is 0 Å². The molecule has 22 heavy (non-hydrogen) atoms. The maximum atomic E-state index is 11.5. The number of rotatable bonds is 4. The first-order chi connectivity index (χ1) is 10.7.